The maximum Gasteiger partial charge on any atom is 0.404 e. The van der Waals surface area contributed by atoms with E-state index in [0.29, 0.717) is 13.0 Å². The van der Waals surface area contributed by atoms with Gasteiger partial charge < -0.3 is 5.32 Å². The lowest BCUT2D eigenvalue weighted by atomic mass is 9.84. The third-order valence-corrected chi connectivity index (χ3v) is 6.01. The van der Waals surface area contributed by atoms with E-state index in [0.717, 1.165) is 23.1 Å². The zero-order valence-corrected chi connectivity index (χ0v) is 15.5. The van der Waals surface area contributed by atoms with Crippen molar-refractivity contribution in [3.8, 4) is 0 Å². The van der Waals surface area contributed by atoms with Gasteiger partial charge in [0, 0.05) is 13.1 Å². The molecule has 0 aromatic heterocycles. The summed E-state index contributed by atoms with van der Waals surface area (Å²) in [6.45, 7) is 0.368. The van der Waals surface area contributed by atoms with Crippen molar-refractivity contribution >= 4 is 5.91 Å². The minimum atomic E-state index is -4.58. The third-order valence-electron chi connectivity index (χ3n) is 6.01. The van der Waals surface area contributed by atoms with Gasteiger partial charge in [0.1, 0.15) is 0 Å². The molecular formula is C22H23F3N2O. The lowest BCUT2D eigenvalue weighted by Crippen LogP contribution is -2.52. The first kappa shape index (κ1) is 19.0. The first-order valence-electron chi connectivity index (χ1n) is 9.61. The number of fused-ring (bicyclic) bond motifs is 1. The highest BCUT2D eigenvalue weighted by Gasteiger charge is 2.63. The Morgan fingerprint density at radius 3 is 2.57 bits per heavy atom. The Bertz CT molecular complexity index is 852. The molecule has 0 spiro atoms. The van der Waals surface area contributed by atoms with Crippen molar-refractivity contribution in [3.05, 3.63) is 71.3 Å². The van der Waals surface area contributed by atoms with Crippen molar-refractivity contribution in [2.75, 3.05) is 13.1 Å². The molecule has 28 heavy (non-hydrogen) atoms. The van der Waals surface area contributed by atoms with Crippen LogP contribution < -0.4 is 5.32 Å². The van der Waals surface area contributed by atoms with E-state index in [4.69, 9.17) is 0 Å². The Hall–Kier alpha value is -2.34. The van der Waals surface area contributed by atoms with E-state index in [1.165, 1.54) is 0 Å². The molecule has 1 aliphatic carbocycles. The lowest BCUT2D eigenvalue weighted by Gasteiger charge is -2.32. The highest BCUT2D eigenvalue weighted by atomic mass is 19.4. The molecule has 6 heteroatoms. The Morgan fingerprint density at radius 1 is 1.11 bits per heavy atom. The largest absolute Gasteiger partial charge is 0.404 e. The fourth-order valence-corrected chi connectivity index (χ4v) is 4.41. The van der Waals surface area contributed by atoms with Gasteiger partial charge in [-0.25, -0.2) is 0 Å². The van der Waals surface area contributed by atoms with Crippen LogP contribution in [-0.4, -0.2) is 30.1 Å². The molecule has 0 bridgehead atoms. The van der Waals surface area contributed by atoms with Crippen molar-refractivity contribution in [2.24, 2.45) is 5.41 Å². The fraction of sp³-hybridized carbons (Fsp3) is 0.409. The smallest absolute Gasteiger partial charge is 0.348 e. The molecule has 0 saturated carbocycles. The molecule has 1 fully saturated rings. The summed E-state index contributed by atoms with van der Waals surface area (Å²) in [4.78, 5) is 14.6. The number of nitrogens with one attached hydrogen (secondary N) is 1. The van der Waals surface area contributed by atoms with E-state index in [2.05, 4.69) is 5.32 Å². The van der Waals surface area contributed by atoms with Gasteiger partial charge in [-0.2, -0.15) is 13.2 Å². The summed E-state index contributed by atoms with van der Waals surface area (Å²) in [6.07, 6.45) is -3.36. The number of carbonyl (C=O) groups excluding carboxylic acids is 1. The number of alkyl halides is 3. The van der Waals surface area contributed by atoms with Gasteiger partial charge >= 0.3 is 6.18 Å². The number of benzene rings is 2. The number of nitrogens with zero attached hydrogens (tertiary/aromatic N) is 1. The molecule has 2 unspecified atom stereocenters. The summed E-state index contributed by atoms with van der Waals surface area (Å²) >= 11 is 0. The van der Waals surface area contributed by atoms with Crippen LogP contribution in [0.1, 0.15) is 35.6 Å². The van der Waals surface area contributed by atoms with Gasteiger partial charge in [0.05, 0.1) is 6.04 Å². The SMILES string of the molecule is O=C(NC1CCc2ccccc21)C1(C(F)(F)F)CCN(Cc2ccccc2)C1. The first-order chi connectivity index (χ1) is 13.4. The van der Waals surface area contributed by atoms with Crippen molar-refractivity contribution in [2.45, 2.75) is 38.0 Å². The molecule has 0 radical (unpaired) electrons. The minimum Gasteiger partial charge on any atom is -0.348 e. The van der Waals surface area contributed by atoms with Crippen LogP contribution in [0.25, 0.3) is 0 Å². The highest BCUT2D eigenvalue weighted by molar-refractivity contribution is 5.84. The number of rotatable bonds is 4. The molecule has 1 N–H and O–H groups in total. The van der Waals surface area contributed by atoms with E-state index in [1.807, 2.05) is 54.6 Å². The molecule has 1 heterocycles. The maximum absolute atomic E-state index is 14.1. The third kappa shape index (κ3) is 3.41. The number of carbonyl (C=O) groups is 1. The molecule has 3 nitrogen and oxygen atoms in total. The van der Waals surface area contributed by atoms with Crippen LogP contribution in [0.15, 0.2) is 54.6 Å². The van der Waals surface area contributed by atoms with Gasteiger partial charge in [-0.3, -0.25) is 9.69 Å². The number of hydrogen-bond donors (Lipinski definition) is 1. The maximum atomic E-state index is 14.1. The van der Waals surface area contributed by atoms with Gasteiger partial charge in [-0.15, -0.1) is 0 Å². The Labute approximate surface area is 162 Å². The molecule has 148 valence electrons. The summed E-state index contributed by atoms with van der Waals surface area (Å²) in [5.41, 5.74) is 0.642. The second-order valence-electron chi connectivity index (χ2n) is 7.79. The first-order valence-corrected chi connectivity index (χ1v) is 9.61. The number of aryl methyl sites for hydroxylation is 1. The fourth-order valence-electron chi connectivity index (χ4n) is 4.41. The molecule has 2 aliphatic rings. The van der Waals surface area contributed by atoms with Crippen LogP contribution in [0.4, 0.5) is 13.2 Å². The van der Waals surface area contributed by atoms with Gasteiger partial charge in [0.25, 0.3) is 0 Å². The van der Waals surface area contributed by atoms with Crippen molar-refractivity contribution in [1.82, 2.24) is 10.2 Å². The van der Waals surface area contributed by atoms with Crippen LogP contribution in [0.3, 0.4) is 0 Å². The van der Waals surface area contributed by atoms with Crippen LogP contribution in [0.5, 0.6) is 0 Å². The number of halogens is 3. The van der Waals surface area contributed by atoms with E-state index in [9.17, 15) is 18.0 Å². The summed E-state index contributed by atoms with van der Waals surface area (Å²) in [7, 11) is 0. The standard InChI is InChI=1S/C22H23F3N2O/c23-22(24,25)21(12-13-27(15-21)14-16-6-2-1-3-7-16)20(28)26-19-11-10-17-8-4-5-9-18(17)19/h1-9,19H,10-15H2,(H,26,28). The van der Waals surface area contributed by atoms with Crippen molar-refractivity contribution in [3.63, 3.8) is 0 Å². The van der Waals surface area contributed by atoms with E-state index in [-0.39, 0.29) is 25.6 Å². The highest BCUT2D eigenvalue weighted by Crippen LogP contribution is 2.47. The van der Waals surface area contributed by atoms with Crippen LogP contribution in [0.2, 0.25) is 0 Å². The van der Waals surface area contributed by atoms with E-state index >= 15 is 0 Å². The topological polar surface area (TPSA) is 32.3 Å². The number of likely N-dealkylation sites (tertiary alicyclic amines) is 1. The Kier molecular flexibility index (Phi) is 4.91. The zero-order chi connectivity index (χ0) is 19.8. The van der Waals surface area contributed by atoms with Crippen LogP contribution in [0, 0.1) is 5.41 Å². The minimum absolute atomic E-state index is 0.205. The molecule has 2 aromatic carbocycles. The summed E-state index contributed by atoms with van der Waals surface area (Å²) in [5, 5.41) is 2.72. The zero-order valence-electron chi connectivity index (χ0n) is 15.5. The van der Waals surface area contributed by atoms with Crippen LogP contribution in [-0.2, 0) is 17.8 Å². The molecule has 2 atom stereocenters. The molecule has 1 amide bonds. The number of hydrogen-bond acceptors (Lipinski definition) is 2. The molecule has 1 saturated heterocycles. The number of amides is 1. The summed E-state index contributed by atoms with van der Waals surface area (Å²) in [5.74, 6) is -0.891. The van der Waals surface area contributed by atoms with Crippen LogP contribution >= 0.6 is 0 Å². The monoisotopic (exact) mass is 388 g/mol. The van der Waals surface area contributed by atoms with Gasteiger partial charge in [0.2, 0.25) is 5.91 Å². The van der Waals surface area contributed by atoms with Crippen molar-refractivity contribution in [1.29, 1.82) is 0 Å². The predicted octanol–water partition coefficient (Wildman–Crippen LogP) is 4.24. The quantitative estimate of drug-likeness (QED) is 0.850. The van der Waals surface area contributed by atoms with E-state index in [1.54, 1.807) is 4.90 Å². The Morgan fingerprint density at radius 2 is 1.82 bits per heavy atom. The second-order valence-corrected chi connectivity index (χ2v) is 7.79. The van der Waals surface area contributed by atoms with Crippen molar-refractivity contribution < 1.29 is 18.0 Å². The van der Waals surface area contributed by atoms with E-state index < -0.39 is 17.5 Å². The molecule has 2 aromatic rings. The van der Waals surface area contributed by atoms with Gasteiger partial charge in [-0.1, -0.05) is 54.6 Å². The molecule has 4 rings (SSSR count). The second kappa shape index (κ2) is 7.24. The Balaban J connectivity index is 1.51. The normalized spacial score (nSPS) is 24.9. The average Bonchev–Trinajstić information content (AvgIpc) is 3.28. The lowest BCUT2D eigenvalue weighted by molar-refractivity contribution is -0.218. The molecule has 1 aliphatic heterocycles. The molecular weight excluding hydrogens is 365 g/mol. The predicted molar refractivity (Wildman–Crippen MR) is 100 cm³/mol. The summed E-state index contributed by atoms with van der Waals surface area (Å²) in [6, 6.07) is 16.7. The van der Waals surface area contributed by atoms with Gasteiger partial charge in [0.15, 0.2) is 5.41 Å². The van der Waals surface area contributed by atoms with Gasteiger partial charge in [-0.05, 0) is 42.5 Å². The average molecular weight is 388 g/mol. The summed E-state index contributed by atoms with van der Waals surface area (Å²) < 4.78 is 42.2.